The van der Waals surface area contributed by atoms with Gasteiger partial charge in [0.1, 0.15) is 0 Å². The molecule has 1 unspecified atom stereocenters. The average Bonchev–Trinajstić information content (AvgIpc) is 3.75. The topological polar surface area (TPSA) is 34.0 Å². The van der Waals surface area contributed by atoms with Gasteiger partial charge in [-0.25, -0.2) is 9.97 Å². The number of hydrogen-bond donors (Lipinski definition) is 0. The molecule has 0 bridgehead atoms. The third-order valence-corrected chi connectivity index (χ3v) is 13.4. The van der Waals surface area contributed by atoms with Gasteiger partial charge in [0.15, 0.2) is 5.82 Å². The standard InChI is InChI=1S/C60H40N4.C2H6/c1-38-46-24-12-13-28-52(46)63(44-21-6-3-7-22-44)53-34-32-42(37-51(38)53)48-27-15-29-54-57(48)56-47-25-10-8-16-39(47)31-35-55(56)64(54)45-23-14-20-43(36-45)60-61-58(41-18-4-2-5-19-41)50-33-30-40-17-9-11-26-49(40)59(50)62-60;1-2/h2-38H,1H3;1-2H3. The third-order valence-electron chi connectivity index (χ3n) is 13.4. The molecule has 4 heteroatoms. The molecule has 0 fully saturated rings. The molecule has 12 aromatic rings. The van der Waals surface area contributed by atoms with E-state index in [4.69, 9.17) is 9.97 Å². The summed E-state index contributed by atoms with van der Waals surface area (Å²) >= 11 is 0. The normalized spacial score (nSPS) is 13.2. The lowest BCUT2D eigenvalue weighted by atomic mass is 9.84. The van der Waals surface area contributed by atoms with Crippen molar-refractivity contribution in [2.75, 3.05) is 4.90 Å². The van der Waals surface area contributed by atoms with Gasteiger partial charge < -0.3 is 9.47 Å². The second-order valence-corrected chi connectivity index (χ2v) is 16.9. The molecule has 0 amide bonds. The fourth-order valence-corrected chi connectivity index (χ4v) is 10.4. The molecule has 0 saturated heterocycles. The van der Waals surface area contributed by atoms with Gasteiger partial charge in [0.25, 0.3) is 0 Å². The first-order valence-electron chi connectivity index (χ1n) is 23.1. The predicted molar refractivity (Wildman–Crippen MR) is 279 cm³/mol. The first kappa shape index (κ1) is 39.3. The monoisotopic (exact) mass is 846 g/mol. The summed E-state index contributed by atoms with van der Waals surface area (Å²) < 4.78 is 2.44. The molecule has 13 rings (SSSR count). The zero-order chi connectivity index (χ0) is 44.3. The Kier molecular flexibility index (Phi) is 9.53. The SMILES string of the molecule is CC.CC1c2ccccc2N(c2ccccc2)c2ccc(-c3cccc4c3c3c5ccccc5ccc3n4-c3cccc(-c4nc(-c5ccccc5)c5ccc6ccccc6c5n4)c3)cc21. The van der Waals surface area contributed by atoms with Crippen LogP contribution in [0.3, 0.4) is 0 Å². The van der Waals surface area contributed by atoms with Gasteiger partial charge in [-0.05, 0) is 99.1 Å². The summed E-state index contributed by atoms with van der Waals surface area (Å²) in [5, 5.41) is 8.26. The number of fused-ring (bicyclic) bond motifs is 10. The van der Waals surface area contributed by atoms with Gasteiger partial charge in [-0.15, -0.1) is 0 Å². The summed E-state index contributed by atoms with van der Waals surface area (Å²) in [6, 6.07) is 79.0. The molecule has 3 heterocycles. The van der Waals surface area contributed by atoms with Crippen LogP contribution in [0.25, 0.3) is 93.7 Å². The highest BCUT2D eigenvalue weighted by molar-refractivity contribution is 6.25. The van der Waals surface area contributed by atoms with Crippen molar-refractivity contribution < 1.29 is 0 Å². The van der Waals surface area contributed by atoms with Crippen LogP contribution in [0.4, 0.5) is 17.1 Å². The Morgan fingerprint density at radius 1 is 0.409 bits per heavy atom. The van der Waals surface area contributed by atoms with Crippen LogP contribution in [0.15, 0.2) is 218 Å². The molecule has 10 aromatic carbocycles. The first-order chi connectivity index (χ1) is 32.7. The number of anilines is 3. The van der Waals surface area contributed by atoms with Gasteiger partial charge >= 0.3 is 0 Å². The van der Waals surface area contributed by atoms with Gasteiger partial charge in [-0.3, -0.25) is 0 Å². The lowest BCUT2D eigenvalue weighted by molar-refractivity contribution is 0.892. The number of rotatable bonds is 5. The summed E-state index contributed by atoms with van der Waals surface area (Å²) in [5.74, 6) is 0.915. The zero-order valence-corrected chi connectivity index (χ0v) is 37.2. The molecule has 1 atom stereocenters. The minimum absolute atomic E-state index is 0.216. The Morgan fingerprint density at radius 2 is 1.05 bits per heavy atom. The molecule has 2 aromatic heterocycles. The van der Waals surface area contributed by atoms with E-state index < -0.39 is 0 Å². The highest BCUT2D eigenvalue weighted by atomic mass is 15.2. The molecule has 66 heavy (non-hydrogen) atoms. The fraction of sp³-hybridized carbons (Fsp3) is 0.0645. The minimum Gasteiger partial charge on any atom is -0.310 e. The van der Waals surface area contributed by atoms with E-state index in [-0.39, 0.29) is 5.92 Å². The largest absolute Gasteiger partial charge is 0.310 e. The lowest BCUT2D eigenvalue weighted by Gasteiger charge is -2.37. The van der Waals surface area contributed by atoms with Crippen molar-refractivity contribution >= 4 is 71.3 Å². The quantitative estimate of drug-likeness (QED) is 0.162. The van der Waals surface area contributed by atoms with E-state index in [1.807, 2.05) is 13.8 Å². The highest BCUT2D eigenvalue weighted by Crippen LogP contribution is 2.51. The number of benzene rings is 10. The van der Waals surface area contributed by atoms with Crippen molar-refractivity contribution in [3.05, 3.63) is 230 Å². The second-order valence-electron chi connectivity index (χ2n) is 16.9. The van der Waals surface area contributed by atoms with Crippen molar-refractivity contribution in [2.45, 2.75) is 26.7 Å². The Bertz CT molecular complexity index is 3810. The summed E-state index contributed by atoms with van der Waals surface area (Å²) in [7, 11) is 0. The zero-order valence-electron chi connectivity index (χ0n) is 37.2. The van der Waals surface area contributed by atoms with E-state index >= 15 is 0 Å². The summed E-state index contributed by atoms with van der Waals surface area (Å²) in [5.41, 5.74) is 16.0. The molecular formula is C62H46N4. The van der Waals surface area contributed by atoms with Crippen molar-refractivity contribution in [2.24, 2.45) is 0 Å². The van der Waals surface area contributed by atoms with Crippen LogP contribution in [-0.4, -0.2) is 14.5 Å². The van der Waals surface area contributed by atoms with E-state index in [1.165, 1.54) is 55.2 Å². The van der Waals surface area contributed by atoms with Crippen LogP contribution in [0, 0.1) is 0 Å². The Hall–Kier alpha value is -8.34. The Balaban J connectivity index is 0.00000225. The number of aromatic nitrogens is 3. The first-order valence-corrected chi connectivity index (χ1v) is 23.1. The summed E-state index contributed by atoms with van der Waals surface area (Å²) in [6.45, 7) is 6.35. The Labute approximate surface area is 384 Å². The minimum atomic E-state index is 0.216. The molecule has 0 N–H and O–H groups in total. The lowest BCUT2D eigenvalue weighted by Crippen LogP contribution is -2.20. The average molecular weight is 847 g/mol. The van der Waals surface area contributed by atoms with Gasteiger partial charge in [-0.2, -0.15) is 0 Å². The predicted octanol–water partition coefficient (Wildman–Crippen LogP) is 17.0. The fourth-order valence-electron chi connectivity index (χ4n) is 10.4. The van der Waals surface area contributed by atoms with E-state index in [2.05, 4.69) is 235 Å². The van der Waals surface area contributed by atoms with Gasteiger partial charge in [0, 0.05) is 61.3 Å². The molecule has 314 valence electrons. The van der Waals surface area contributed by atoms with Gasteiger partial charge in [0.05, 0.1) is 22.2 Å². The van der Waals surface area contributed by atoms with Gasteiger partial charge in [0.2, 0.25) is 0 Å². The molecule has 0 aliphatic carbocycles. The van der Waals surface area contributed by atoms with Crippen molar-refractivity contribution in [1.29, 1.82) is 0 Å². The third kappa shape index (κ3) is 6.21. The van der Waals surface area contributed by atoms with Crippen molar-refractivity contribution in [3.63, 3.8) is 0 Å². The molecule has 4 nitrogen and oxygen atoms in total. The number of hydrogen-bond acceptors (Lipinski definition) is 3. The Morgan fingerprint density at radius 3 is 1.88 bits per heavy atom. The smallest absolute Gasteiger partial charge is 0.160 e. The van der Waals surface area contributed by atoms with Crippen molar-refractivity contribution in [3.8, 4) is 39.5 Å². The molecule has 1 aliphatic rings. The molecule has 0 saturated carbocycles. The van der Waals surface area contributed by atoms with Crippen molar-refractivity contribution in [1.82, 2.24) is 14.5 Å². The van der Waals surface area contributed by atoms with Crippen LogP contribution in [0.1, 0.15) is 37.8 Å². The number of para-hydroxylation sites is 2. The van der Waals surface area contributed by atoms with E-state index in [0.717, 1.165) is 60.9 Å². The van der Waals surface area contributed by atoms with Crippen LogP contribution in [0.5, 0.6) is 0 Å². The summed E-state index contributed by atoms with van der Waals surface area (Å²) in [6.07, 6.45) is 0. The van der Waals surface area contributed by atoms with E-state index in [9.17, 15) is 0 Å². The molecule has 0 radical (unpaired) electrons. The maximum Gasteiger partial charge on any atom is 0.160 e. The number of nitrogens with zero attached hydrogens (tertiary/aromatic N) is 4. The maximum atomic E-state index is 5.36. The highest BCUT2D eigenvalue weighted by Gasteiger charge is 2.30. The van der Waals surface area contributed by atoms with E-state index in [0.29, 0.717) is 5.82 Å². The van der Waals surface area contributed by atoms with Crippen LogP contribution in [-0.2, 0) is 0 Å². The molecule has 0 spiro atoms. The van der Waals surface area contributed by atoms with Crippen LogP contribution < -0.4 is 4.90 Å². The molecular weight excluding hydrogens is 801 g/mol. The van der Waals surface area contributed by atoms with Gasteiger partial charge in [-0.1, -0.05) is 178 Å². The maximum absolute atomic E-state index is 5.36. The van der Waals surface area contributed by atoms with Crippen LogP contribution in [0.2, 0.25) is 0 Å². The summed E-state index contributed by atoms with van der Waals surface area (Å²) in [4.78, 5) is 13.1. The molecule has 1 aliphatic heterocycles. The second kappa shape index (κ2) is 16.0. The van der Waals surface area contributed by atoms with E-state index in [1.54, 1.807) is 0 Å². The van der Waals surface area contributed by atoms with Crippen LogP contribution >= 0.6 is 0 Å².